The molecule has 0 amide bonds. The number of rotatable bonds is 6. The normalized spacial score (nSPS) is 12.4. The fourth-order valence-electron chi connectivity index (χ4n) is 1.33. The summed E-state index contributed by atoms with van der Waals surface area (Å²) in [4.78, 5) is 10.9. The quantitative estimate of drug-likeness (QED) is 0.751. The van der Waals surface area contributed by atoms with Crippen LogP contribution < -0.4 is 4.72 Å². The lowest BCUT2D eigenvalue weighted by Crippen LogP contribution is -2.39. The Morgan fingerprint density at radius 1 is 1.55 bits per heavy atom. The molecule has 0 saturated carbocycles. The van der Waals surface area contributed by atoms with E-state index in [0.717, 1.165) is 18.4 Å². The number of aryl methyl sites for hydroxylation is 1. The molecule has 0 aromatic carbocycles. The molecule has 0 aliphatic heterocycles. The molecule has 0 saturated heterocycles. The van der Waals surface area contributed by atoms with Gasteiger partial charge in [-0.2, -0.15) is 0 Å². The van der Waals surface area contributed by atoms with Crippen LogP contribution in [0, 0.1) is 6.92 Å². The molecule has 0 atom stereocenters. The number of esters is 1. The number of thiophene rings is 1. The number of nitrogens with one attached hydrogen (secondary N) is 1. The molecule has 1 heterocycles. The summed E-state index contributed by atoms with van der Waals surface area (Å²) >= 11 is 0.844. The predicted molar refractivity (Wildman–Crippen MR) is 67.6 cm³/mol. The maximum absolute atomic E-state index is 12.9. The van der Waals surface area contributed by atoms with Crippen LogP contribution >= 0.6 is 11.3 Å². The second-order valence-corrected chi connectivity index (χ2v) is 6.49. The Bertz CT molecular complexity index is 597. The van der Waals surface area contributed by atoms with Gasteiger partial charge in [0.2, 0.25) is 10.0 Å². The van der Waals surface area contributed by atoms with Crippen LogP contribution in [-0.4, -0.2) is 45.7 Å². The number of aliphatic hydroxyl groups is 1. The van der Waals surface area contributed by atoms with Crippen molar-refractivity contribution in [1.82, 2.24) is 4.72 Å². The van der Waals surface area contributed by atoms with Crippen molar-refractivity contribution in [3.05, 3.63) is 15.8 Å². The maximum Gasteiger partial charge on any atom is 0.349 e. The van der Waals surface area contributed by atoms with E-state index < -0.39 is 35.1 Å². The van der Waals surface area contributed by atoms with Crippen molar-refractivity contribution in [3.63, 3.8) is 0 Å². The Morgan fingerprint density at radius 2 is 2.15 bits per heavy atom. The molecule has 0 radical (unpaired) electrons. The highest BCUT2D eigenvalue weighted by molar-refractivity contribution is 7.89. The van der Waals surface area contributed by atoms with Gasteiger partial charge >= 0.3 is 5.97 Å². The topological polar surface area (TPSA) is 92.7 Å². The smallest absolute Gasteiger partial charge is 0.349 e. The van der Waals surface area contributed by atoms with Gasteiger partial charge in [-0.3, -0.25) is 0 Å². The molecular weight excluding hydrogens is 316 g/mol. The van der Waals surface area contributed by atoms with Crippen molar-refractivity contribution in [2.75, 3.05) is 20.3 Å². The van der Waals surface area contributed by atoms with Crippen LogP contribution in [0.5, 0.6) is 0 Å². The number of hydrogen-bond donors (Lipinski definition) is 2. The first kappa shape index (κ1) is 17.0. The first-order chi connectivity index (χ1) is 9.14. The number of ether oxygens (including phenoxy) is 1. The summed E-state index contributed by atoms with van der Waals surface area (Å²) in [7, 11) is -3.22. The Hall–Kier alpha value is -1.10. The molecule has 6 nitrogen and oxygen atoms in total. The number of aliphatic hydroxyl groups excluding tert-OH is 1. The van der Waals surface area contributed by atoms with Crippen LogP contribution in [0.25, 0.3) is 0 Å². The molecule has 1 aromatic heterocycles. The van der Waals surface area contributed by atoms with Crippen LogP contribution in [-0.2, 0) is 14.8 Å². The van der Waals surface area contributed by atoms with Gasteiger partial charge < -0.3 is 9.84 Å². The summed E-state index contributed by atoms with van der Waals surface area (Å²) in [6, 6.07) is 0. The molecule has 2 N–H and O–H groups in total. The van der Waals surface area contributed by atoms with Crippen LogP contribution in [0.1, 0.15) is 15.2 Å². The molecule has 0 aliphatic rings. The van der Waals surface area contributed by atoms with Crippen molar-refractivity contribution >= 4 is 27.3 Å². The molecule has 0 aliphatic carbocycles. The van der Waals surface area contributed by atoms with Crippen LogP contribution in [0.3, 0.4) is 0 Å². The van der Waals surface area contributed by atoms with Gasteiger partial charge in [0.05, 0.1) is 13.7 Å². The molecule has 20 heavy (non-hydrogen) atoms. The Morgan fingerprint density at radius 3 is 2.65 bits per heavy atom. The van der Waals surface area contributed by atoms with E-state index in [4.69, 9.17) is 5.11 Å². The molecule has 114 valence electrons. The lowest BCUT2D eigenvalue weighted by molar-refractivity contribution is -0.0437. The minimum absolute atomic E-state index is 0.190. The van der Waals surface area contributed by atoms with E-state index in [0.29, 0.717) is 0 Å². The number of halogens is 2. The third-order valence-electron chi connectivity index (χ3n) is 2.31. The number of methoxy groups -OCH3 is 1. The molecule has 0 spiro atoms. The molecule has 1 aromatic rings. The zero-order valence-electron chi connectivity index (χ0n) is 10.6. The van der Waals surface area contributed by atoms with E-state index in [-0.39, 0.29) is 15.3 Å². The summed E-state index contributed by atoms with van der Waals surface area (Å²) in [6.45, 7) is -1.31. The molecule has 10 heteroatoms. The van der Waals surface area contributed by atoms with Gasteiger partial charge in [-0.1, -0.05) is 0 Å². The standard InChI is InChI=1S/C10H13F2NO5S2/c1-6-3-19-7(9(15)18-2)8(6)20(16,17)13-4-10(11,12)5-14/h3,13-14H,4-5H2,1-2H3. The average Bonchev–Trinajstić information content (AvgIpc) is 2.78. The average molecular weight is 329 g/mol. The molecule has 1 rings (SSSR count). The summed E-state index contributed by atoms with van der Waals surface area (Å²) in [5.41, 5.74) is 0.246. The second kappa shape index (κ2) is 6.12. The maximum atomic E-state index is 12.9. The Labute approximate surface area is 118 Å². The zero-order chi connectivity index (χ0) is 15.6. The predicted octanol–water partition coefficient (Wildman–Crippen LogP) is 0.749. The minimum atomic E-state index is -4.31. The van der Waals surface area contributed by atoms with Gasteiger partial charge in [-0.05, 0) is 17.9 Å². The van der Waals surface area contributed by atoms with E-state index >= 15 is 0 Å². The fourth-order valence-corrected chi connectivity index (χ4v) is 4.09. The number of carbonyl (C=O) groups is 1. The van der Waals surface area contributed by atoms with Crippen LogP contribution in [0.4, 0.5) is 8.78 Å². The lowest BCUT2D eigenvalue weighted by atomic mass is 10.3. The summed E-state index contributed by atoms with van der Waals surface area (Å²) in [5.74, 6) is -4.44. The Kier molecular flexibility index (Phi) is 5.19. The highest BCUT2D eigenvalue weighted by Gasteiger charge is 2.33. The van der Waals surface area contributed by atoms with Crippen molar-refractivity contribution in [1.29, 1.82) is 0 Å². The highest BCUT2D eigenvalue weighted by atomic mass is 32.2. The molecule has 0 unspecified atom stereocenters. The Balaban J connectivity index is 3.10. The molecule has 0 fully saturated rings. The number of carbonyl (C=O) groups excluding carboxylic acids is 1. The monoisotopic (exact) mass is 329 g/mol. The van der Waals surface area contributed by atoms with E-state index in [1.807, 2.05) is 0 Å². The summed E-state index contributed by atoms with van der Waals surface area (Å²) < 4.78 is 55.9. The molecular formula is C10H13F2NO5S2. The van der Waals surface area contributed by atoms with Gasteiger partial charge in [0.15, 0.2) is 0 Å². The third kappa shape index (κ3) is 3.72. The first-order valence-corrected chi connectivity index (χ1v) is 7.65. The first-order valence-electron chi connectivity index (χ1n) is 5.29. The summed E-state index contributed by atoms with van der Waals surface area (Å²) in [6.07, 6.45) is 0. The minimum Gasteiger partial charge on any atom is -0.465 e. The SMILES string of the molecule is COC(=O)c1scc(C)c1S(=O)(=O)NCC(F)(F)CO. The van der Waals surface area contributed by atoms with Crippen molar-refractivity contribution in [2.24, 2.45) is 0 Å². The van der Waals surface area contributed by atoms with Crippen LogP contribution in [0.15, 0.2) is 10.3 Å². The van der Waals surface area contributed by atoms with Gasteiger partial charge in [0.25, 0.3) is 5.92 Å². The number of alkyl halides is 2. The van der Waals surface area contributed by atoms with E-state index in [1.165, 1.54) is 12.3 Å². The summed E-state index contributed by atoms with van der Waals surface area (Å²) in [5, 5.41) is 9.81. The lowest BCUT2D eigenvalue weighted by Gasteiger charge is -2.14. The second-order valence-electron chi connectivity index (χ2n) is 3.91. The zero-order valence-corrected chi connectivity index (χ0v) is 12.3. The van der Waals surface area contributed by atoms with E-state index in [9.17, 15) is 22.0 Å². The van der Waals surface area contributed by atoms with Crippen molar-refractivity contribution in [2.45, 2.75) is 17.7 Å². The number of hydrogen-bond acceptors (Lipinski definition) is 6. The van der Waals surface area contributed by atoms with E-state index in [2.05, 4.69) is 4.74 Å². The molecule has 0 bridgehead atoms. The fraction of sp³-hybridized carbons (Fsp3) is 0.500. The van der Waals surface area contributed by atoms with Gasteiger partial charge in [0, 0.05) is 0 Å². The number of sulfonamides is 1. The van der Waals surface area contributed by atoms with E-state index in [1.54, 1.807) is 4.72 Å². The highest BCUT2D eigenvalue weighted by Crippen LogP contribution is 2.27. The van der Waals surface area contributed by atoms with Crippen molar-refractivity contribution < 1.29 is 31.8 Å². The van der Waals surface area contributed by atoms with Gasteiger partial charge in [-0.15, -0.1) is 11.3 Å². The van der Waals surface area contributed by atoms with Gasteiger partial charge in [0.1, 0.15) is 16.4 Å². The third-order valence-corrected chi connectivity index (χ3v) is 5.10. The van der Waals surface area contributed by atoms with Gasteiger partial charge in [-0.25, -0.2) is 26.7 Å². The van der Waals surface area contributed by atoms with Crippen LogP contribution in [0.2, 0.25) is 0 Å². The largest absolute Gasteiger partial charge is 0.465 e. The van der Waals surface area contributed by atoms with Crippen molar-refractivity contribution in [3.8, 4) is 0 Å².